The summed E-state index contributed by atoms with van der Waals surface area (Å²) >= 11 is 0. The first-order chi connectivity index (χ1) is 10.8. The van der Waals surface area contributed by atoms with Crippen LogP contribution in [0.2, 0.25) is 0 Å². The van der Waals surface area contributed by atoms with E-state index in [-0.39, 0.29) is 12.4 Å². The lowest BCUT2D eigenvalue weighted by Gasteiger charge is -2.29. The van der Waals surface area contributed by atoms with E-state index in [1.54, 1.807) is 0 Å². The van der Waals surface area contributed by atoms with Crippen molar-refractivity contribution in [3.8, 4) is 11.4 Å². The number of nitrogens with zero attached hydrogens (tertiary/aromatic N) is 2. The molecule has 3 aromatic rings. The van der Waals surface area contributed by atoms with E-state index in [0.717, 1.165) is 36.6 Å². The average Bonchev–Trinajstić information content (AvgIpc) is 3.06. The molecule has 0 unspecified atom stereocenters. The third-order valence-electron chi connectivity index (χ3n) is 4.63. The van der Waals surface area contributed by atoms with E-state index in [0.29, 0.717) is 11.7 Å². The van der Waals surface area contributed by atoms with E-state index in [2.05, 4.69) is 28.3 Å². The van der Waals surface area contributed by atoms with Gasteiger partial charge < -0.3 is 10.3 Å². The lowest BCUT2D eigenvalue weighted by Crippen LogP contribution is -2.38. The molecule has 0 spiro atoms. The van der Waals surface area contributed by atoms with Crippen molar-refractivity contribution in [2.75, 3.05) is 0 Å². The highest BCUT2D eigenvalue weighted by molar-refractivity contribution is 5.94. The van der Waals surface area contributed by atoms with Gasteiger partial charge in [-0.3, -0.25) is 0 Å². The number of fused-ring (bicyclic) bond motifs is 1. The Morgan fingerprint density at radius 2 is 1.70 bits per heavy atom. The summed E-state index contributed by atoms with van der Waals surface area (Å²) in [4.78, 5) is 4.62. The maximum absolute atomic E-state index is 6.49. The molecule has 1 fully saturated rings. The molecule has 0 bridgehead atoms. The number of nitrogens with two attached hydrogens (primary N) is 1. The molecule has 1 saturated carbocycles. The smallest absolute Gasteiger partial charge is 0.247 e. The molecule has 23 heavy (non-hydrogen) atoms. The Morgan fingerprint density at radius 1 is 0.957 bits per heavy atom. The Bertz CT molecular complexity index is 803. The predicted molar refractivity (Wildman–Crippen MR) is 93.4 cm³/mol. The molecule has 0 saturated heterocycles. The van der Waals surface area contributed by atoms with Crippen molar-refractivity contribution >= 4 is 23.2 Å². The van der Waals surface area contributed by atoms with Gasteiger partial charge in [-0.15, -0.1) is 12.4 Å². The van der Waals surface area contributed by atoms with Gasteiger partial charge >= 0.3 is 0 Å². The number of hydrogen-bond acceptors (Lipinski definition) is 4. The molecule has 0 aliphatic heterocycles. The van der Waals surface area contributed by atoms with Gasteiger partial charge in [0.25, 0.3) is 0 Å². The zero-order valence-electron chi connectivity index (χ0n) is 12.9. The fraction of sp³-hybridized carbons (Fsp3) is 0.333. The predicted octanol–water partition coefficient (Wildman–Crippen LogP) is 4.43. The van der Waals surface area contributed by atoms with Crippen LogP contribution < -0.4 is 5.73 Å². The topological polar surface area (TPSA) is 64.9 Å². The van der Waals surface area contributed by atoms with E-state index in [9.17, 15) is 0 Å². The van der Waals surface area contributed by atoms with Crippen LogP contribution in [-0.2, 0) is 5.54 Å². The zero-order chi connectivity index (χ0) is 15.0. The molecule has 120 valence electrons. The lowest BCUT2D eigenvalue weighted by molar-refractivity contribution is 0.220. The van der Waals surface area contributed by atoms with Gasteiger partial charge in [-0.1, -0.05) is 66.9 Å². The Kier molecular flexibility index (Phi) is 4.37. The van der Waals surface area contributed by atoms with Gasteiger partial charge in [0.05, 0.1) is 5.54 Å². The van der Waals surface area contributed by atoms with Crippen molar-refractivity contribution in [3.63, 3.8) is 0 Å². The van der Waals surface area contributed by atoms with E-state index in [1.807, 2.05) is 24.3 Å². The van der Waals surface area contributed by atoms with Crippen LogP contribution in [0.4, 0.5) is 0 Å². The summed E-state index contributed by atoms with van der Waals surface area (Å²) in [6.45, 7) is 0. The maximum Gasteiger partial charge on any atom is 0.247 e. The third kappa shape index (κ3) is 2.84. The first-order valence-corrected chi connectivity index (χ1v) is 7.87. The van der Waals surface area contributed by atoms with Crippen LogP contribution in [-0.4, -0.2) is 10.1 Å². The molecule has 2 aromatic carbocycles. The molecule has 1 aliphatic rings. The summed E-state index contributed by atoms with van der Waals surface area (Å²) in [5.74, 6) is 1.21. The summed E-state index contributed by atoms with van der Waals surface area (Å²) in [6.07, 6.45) is 5.34. The first kappa shape index (κ1) is 16.0. The Labute approximate surface area is 141 Å². The fourth-order valence-corrected chi connectivity index (χ4v) is 3.35. The van der Waals surface area contributed by atoms with Crippen LogP contribution in [0.1, 0.15) is 38.0 Å². The monoisotopic (exact) mass is 329 g/mol. The Balaban J connectivity index is 0.00000156. The highest BCUT2D eigenvalue weighted by Gasteiger charge is 2.35. The zero-order valence-corrected chi connectivity index (χ0v) is 13.7. The normalized spacial score (nSPS) is 16.9. The number of benzene rings is 2. The van der Waals surface area contributed by atoms with Gasteiger partial charge in [-0.2, -0.15) is 4.98 Å². The lowest BCUT2D eigenvalue weighted by atomic mass is 9.82. The molecule has 4 rings (SSSR count). The van der Waals surface area contributed by atoms with E-state index >= 15 is 0 Å². The minimum Gasteiger partial charge on any atom is -0.337 e. The van der Waals surface area contributed by atoms with Crippen LogP contribution >= 0.6 is 12.4 Å². The largest absolute Gasteiger partial charge is 0.337 e. The van der Waals surface area contributed by atoms with Crippen LogP contribution in [0.5, 0.6) is 0 Å². The molecule has 0 amide bonds. The number of hydrogen-bond donors (Lipinski definition) is 1. The van der Waals surface area contributed by atoms with Crippen LogP contribution in [0.3, 0.4) is 0 Å². The number of halogens is 1. The van der Waals surface area contributed by atoms with Gasteiger partial charge in [0.15, 0.2) is 0 Å². The van der Waals surface area contributed by atoms with E-state index in [4.69, 9.17) is 10.3 Å². The molecule has 1 aliphatic carbocycles. The molecular formula is C18H20ClN3O. The van der Waals surface area contributed by atoms with Crippen molar-refractivity contribution in [1.29, 1.82) is 0 Å². The van der Waals surface area contributed by atoms with E-state index in [1.165, 1.54) is 11.8 Å². The van der Waals surface area contributed by atoms with Crippen LogP contribution in [0, 0.1) is 0 Å². The minimum atomic E-state index is -0.450. The van der Waals surface area contributed by atoms with Crippen molar-refractivity contribution in [2.24, 2.45) is 5.73 Å². The van der Waals surface area contributed by atoms with Gasteiger partial charge in [0.1, 0.15) is 0 Å². The minimum absolute atomic E-state index is 0. The number of rotatable bonds is 2. The fourth-order valence-electron chi connectivity index (χ4n) is 3.35. The highest BCUT2D eigenvalue weighted by atomic mass is 35.5. The SMILES string of the molecule is Cl.NC1(c2nc(-c3cccc4ccccc34)no2)CCCCC1. The Hall–Kier alpha value is -1.91. The maximum atomic E-state index is 6.49. The summed E-state index contributed by atoms with van der Waals surface area (Å²) < 4.78 is 5.52. The van der Waals surface area contributed by atoms with Gasteiger partial charge in [0, 0.05) is 5.56 Å². The summed E-state index contributed by atoms with van der Waals surface area (Å²) in [6, 6.07) is 14.4. The second-order valence-corrected chi connectivity index (χ2v) is 6.17. The molecule has 1 aromatic heterocycles. The van der Waals surface area contributed by atoms with Gasteiger partial charge in [-0.25, -0.2) is 0 Å². The van der Waals surface area contributed by atoms with Crippen LogP contribution in [0.15, 0.2) is 47.0 Å². The average molecular weight is 330 g/mol. The molecular weight excluding hydrogens is 310 g/mol. The molecule has 2 N–H and O–H groups in total. The van der Waals surface area contributed by atoms with Crippen molar-refractivity contribution in [2.45, 2.75) is 37.6 Å². The molecule has 1 heterocycles. The molecule has 4 nitrogen and oxygen atoms in total. The first-order valence-electron chi connectivity index (χ1n) is 7.87. The molecule has 0 radical (unpaired) electrons. The summed E-state index contributed by atoms with van der Waals surface area (Å²) in [5, 5.41) is 6.50. The highest BCUT2D eigenvalue weighted by Crippen LogP contribution is 2.35. The van der Waals surface area contributed by atoms with Crippen LogP contribution in [0.25, 0.3) is 22.2 Å². The number of aromatic nitrogens is 2. The quantitative estimate of drug-likeness (QED) is 0.755. The molecule has 0 atom stereocenters. The second kappa shape index (κ2) is 6.30. The van der Waals surface area contributed by atoms with Gasteiger partial charge in [-0.05, 0) is 23.6 Å². The third-order valence-corrected chi connectivity index (χ3v) is 4.63. The van der Waals surface area contributed by atoms with Crippen molar-refractivity contribution < 1.29 is 4.52 Å². The van der Waals surface area contributed by atoms with Crippen molar-refractivity contribution in [1.82, 2.24) is 10.1 Å². The Morgan fingerprint density at radius 3 is 2.52 bits per heavy atom. The van der Waals surface area contributed by atoms with Gasteiger partial charge in [0.2, 0.25) is 11.7 Å². The van der Waals surface area contributed by atoms with E-state index < -0.39 is 5.54 Å². The van der Waals surface area contributed by atoms with Crippen molar-refractivity contribution in [3.05, 3.63) is 48.4 Å². The standard InChI is InChI=1S/C18H19N3O.ClH/c19-18(11-4-1-5-12-18)17-20-16(21-22-17)15-10-6-8-13-7-2-3-9-14(13)15;/h2-3,6-10H,1,4-5,11-12,19H2;1H. The summed E-state index contributed by atoms with van der Waals surface area (Å²) in [7, 11) is 0. The molecule has 5 heteroatoms. The second-order valence-electron chi connectivity index (χ2n) is 6.17. The summed E-state index contributed by atoms with van der Waals surface area (Å²) in [5.41, 5.74) is 7.03.